The molecule has 1 aromatic heterocycles. The molecule has 0 aliphatic carbocycles. The van der Waals surface area contributed by atoms with Crippen LogP contribution in [0.25, 0.3) is 0 Å². The van der Waals surface area contributed by atoms with Crippen molar-refractivity contribution in [2.24, 2.45) is 5.84 Å². The lowest BCUT2D eigenvalue weighted by Gasteiger charge is -2.06. The minimum absolute atomic E-state index is 0.339. The van der Waals surface area contributed by atoms with Crippen LogP contribution in [0.5, 0.6) is 11.6 Å². The third-order valence-electron chi connectivity index (χ3n) is 1.93. The van der Waals surface area contributed by atoms with Gasteiger partial charge in [-0.05, 0) is 19.1 Å². The first kappa shape index (κ1) is 10.4. The number of para-hydroxylation sites is 1. The minimum Gasteiger partial charge on any atom is -0.439 e. The highest BCUT2D eigenvalue weighted by molar-refractivity contribution is 5.32. The zero-order valence-corrected chi connectivity index (χ0v) is 8.84. The van der Waals surface area contributed by atoms with Crippen LogP contribution in [0.2, 0.25) is 0 Å². The first-order chi connectivity index (χ1) is 7.78. The maximum absolute atomic E-state index is 5.56. The molecule has 1 aromatic carbocycles. The fourth-order valence-corrected chi connectivity index (χ4v) is 1.27. The van der Waals surface area contributed by atoms with Crippen LogP contribution < -0.4 is 16.0 Å². The Morgan fingerprint density at radius 2 is 1.94 bits per heavy atom. The van der Waals surface area contributed by atoms with Crippen LogP contribution in [-0.2, 0) is 0 Å². The molecule has 0 amide bonds. The molecule has 0 aliphatic heterocycles. The van der Waals surface area contributed by atoms with Gasteiger partial charge in [-0.1, -0.05) is 18.2 Å². The molecule has 0 bridgehead atoms. The number of anilines is 1. The van der Waals surface area contributed by atoms with Crippen molar-refractivity contribution in [2.45, 2.75) is 6.92 Å². The Hall–Kier alpha value is -2.14. The van der Waals surface area contributed by atoms with Crippen molar-refractivity contribution in [3.8, 4) is 11.6 Å². The lowest BCUT2D eigenvalue weighted by Crippen LogP contribution is -2.11. The van der Waals surface area contributed by atoms with Crippen molar-refractivity contribution in [1.82, 2.24) is 9.97 Å². The summed E-state index contributed by atoms with van der Waals surface area (Å²) in [6.45, 7) is 1.85. The average molecular weight is 216 g/mol. The molecule has 16 heavy (non-hydrogen) atoms. The topological polar surface area (TPSA) is 73.1 Å². The molecule has 0 spiro atoms. The summed E-state index contributed by atoms with van der Waals surface area (Å²) in [6, 6.07) is 11.2. The molecule has 82 valence electrons. The van der Waals surface area contributed by atoms with Gasteiger partial charge in [0.1, 0.15) is 5.75 Å². The second-order valence-corrected chi connectivity index (χ2v) is 3.23. The lowest BCUT2D eigenvalue weighted by molar-refractivity contribution is 0.461. The second kappa shape index (κ2) is 4.59. The number of nitrogens with two attached hydrogens (primary N) is 1. The van der Waals surface area contributed by atoms with Crippen LogP contribution in [0.4, 0.5) is 5.95 Å². The number of hydrogen-bond donors (Lipinski definition) is 2. The third kappa shape index (κ3) is 2.46. The van der Waals surface area contributed by atoms with Crippen molar-refractivity contribution in [3.63, 3.8) is 0 Å². The van der Waals surface area contributed by atoms with E-state index in [0.717, 1.165) is 11.4 Å². The Labute approximate surface area is 93.3 Å². The standard InChI is InChI=1S/C11H12N4O/c1-8-7-10(14-11(13-8)15-12)16-9-5-3-2-4-6-9/h2-7H,12H2,1H3,(H,13,14,15). The third-order valence-corrected chi connectivity index (χ3v) is 1.93. The molecule has 3 N–H and O–H groups in total. The highest BCUT2D eigenvalue weighted by Crippen LogP contribution is 2.20. The van der Waals surface area contributed by atoms with Gasteiger partial charge >= 0.3 is 0 Å². The highest BCUT2D eigenvalue weighted by Gasteiger charge is 2.02. The lowest BCUT2D eigenvalue weighted by atomic mass is 10.3. The van der Waals surface area contributed by atoms with E-state index in [1.807, 2.05) is 37.3 Å². The van der Waals surface area contributed by atoms with E-state index >= 15 is 0 Å². The first-order valence-electron chi connectivity index (χ1n) is 4.83. The van der Waals surface area contributed by atoms with Gasteiger partial charge in [0.25, 0.3) is 0 Å². The molecule has 2 aromatic rings. The van der Waals surface area contributed by atoms with E-state index < -0.39 is 0 Å². The number of aromatic nitrogens is 2. The van der Waals surface area contributed by atoms with Crippen LogP contribution in [0.1, 0.15) is 5.69 Å². The SMILES string of the molecule is Cc1cc(Oc2ccccc2)nc(NN)n1. The van der Waals surface area contributed by atoms with Crippen LogP contribution in [-0.4, -0.2) is 9.97 Å². The summed E-state index contributed by atoms with van der Waals surface area (Å²) < 4.78 is 5.56. The van der Waals surface area contributed by atoms with Crippen molar-refractivity contribution < 1.29 is 4.74 Å². The first-order valence-corrected chi connectivity index (χ1v) is 4.83. The average Bonchev–Trinajstić information content (AvgIpc) is 2.29. The maximum Gasteiger partial charge on any atom is 0.240 e. The summed E-state index contributed by atoms with van der Waals surface area (Å²) in [5.41, 5.74) is 3.18. The van der Waals surface area contributed by atoms with Crippen LogP contribution in [0.3, 0.4) is 0 Å². The smallest absolute Gasteiger partial charge is 0.240 e. The molecular formula is C11H12N4O. The van der Waals surface area contributed by atoms with Gasteiger partial charge in [0.2, 0.25) is 11.8 Å². The Kier molecular flexibility index (Phi) is 2.98. The summed E-state index contributed by atoms with van der Waals surface area (Å²) >= 11 is 0. The Bertz CT molecular complexity index is 473. The Morgan fingerprint density at radius 3 is 2.62 bits per heavy atom. The molecule has 0 fully saturated rings. The molecule has 0 atom stereocenters. The van der Waals surface area contributed by atoms with Gasteiger partial charge in [-0.15, -0.1) is 0 Å². The fraction of sp³-hybridized carbons (Fsp3) is 0.0909. The molecule has 0 saturated carbocycles. The van der Waals surface area contributed by atoms with E-state index in [9.17, 15) is 0 Å². The van der Waals surface area contributed by atoms with Crippen molar-refractivity contribution in [1.29, 1.82) is 0 Å². The van der Waals surface area contributed by atoms with Crippen LogP contribution >= 0.6 is 0 Å². The van der Waals surface area contributed by atoms with E-state index in [1.165, 1.54) is 0 Å². The van der Waals surface area contributed by atoms with E-state index in [1.54, 1.807) is 6.07 Å². The van der Waals surface area contributed by atoms with Crippen molar-refractivity contribution in [2.75, 3.05) is 5.43 Å². The highest BCUT2D eigenvalue weighted by atomic mass is 16.5. The van der Waals surface area contributed by atoms with Gasteiger partial charge < -0.3 is 4.74 Å². The zero-order valence-electron chi connectivity index (χ0n) is 8.84. The molecule has 5 heteroatoms. The van der Waals surface area contributed by atoms with E-state index in [0.29, 0.717) is 11.8 Å². The molecule has 0 radical (unpaired) electrons. The van der Waals surface area contributed by atoms with E-state index in [2.05, 4.69) is 15.4 Å². The van der Waals surface area contributed by atoms with Gasteiger partial charge in [0, 0.05) is 11.8 Å². The summed E-state index contributed by atoms with van der Waals surface area (Å²) in [5.74, 6) is 6.78. The van der Waals surface area contributed by atoms with Crippen molar-refractivity contribution in [3.05, 3.63) is 42.1 Å². The Balaban J connectivity index is 2.24. The number of nitrogens with one attached hydrogen (secondary N) is 1. The zero-order chi connectivity index (χ0) is 11.4. The molecule has 0 saturated heterocycles. The Morgan fingerprint density at radius 1 is 1.19 bits per heavy atom. The monoisotopic (exact) mass is 216 g/mol. The van der Waals surface area contributed by atoms with Gasteiger partial charge in [0.15, 0.2) is 0 Å². The van der Waals surface area contributed by atoms with Crippen LogP contribution in [0.15, 0.2) is 36.4 Å². The van der Waals surface area contributed by atoms with Crippen molar-refractivity contribution >= 4 is 5.95 Å². The number of hydrogen-bond acceptors (Lipinski definition) is 5. The van der Waals surface area contributed by atoms with Gasteiger partial charge in [-0.25, -0.2) is 10.8 Å². The normalized spacial score (nSPS) is 9.88. The summed E-state index contributed by atoms with van der Waals surface area (Å²) in [7, 11) is 0. The number of rotatable bonds is 3. The van der Waals surface area contributed by atoms with E-state index in [-0.39, 0.29) is 0 Å². The predicted octanol–water partition coefficient (Wildman–Crippen LogP) is 1.86. The molecule has 1 heterocycles. The predicted molar refractivity (Wildman–Crippen MR) is 61.1 cm³/mol. The molecule has 0 aliphatic rings. The number of aryl methyl sites for hydroxylation is 1. The second-order valence-electron chi connectivity index (χ2n) is 3.23. The quantitative estimate of drug-likeness (QED) is 0.605. The summed E-state index contributed by atoms with van der Waals surface area (Å²) in [6.07, 6.45) is 0. The molecule has 5 nitrogen and oxygen atoms in total. The van der Waals surface area contributed by atoms with Crippen LogP contribution in [0, 0.1) is 6.92 Å². The molecule has 2 rings (SSSR count). The fourth-order valence-electron chi connectivity index (χ4n) is 1.27. The molecule has 0 unspecified atom stereocenters. The summed E-state index contributed by atoms with van der Waals surface area (Å²) in [5, 5.41) is 0. The molecular weight excluding hydrogens is 204 g/mol. The van der Waals surface area contributed by atoms with E-state index in [4.69, 9.17) is 10.6 Å². The number of nitrogen functional groups attached to an aromatic ring is 1. The maximum atomic E-state index is 5.56. The number of benzene rings is 1. The van der Waals surface area contributed by atoms with Gasteiger partial charge in [0.05, 0.1) is 0 Å². The van der Waals surface area contributed by atoms with Gasteiger partial charge in [-0.2, -0.15) is 4.98 Å². The number of hydrazine groups is 1. The largest absolute Gasteiger partial charge is 0.439 e. The number of ether oxygens (including phenoxy) is 1. The minimum atomic E-state index is 0.339. The van der Waals surface area contributed by atoms with Gasteiger partial charge in [-0.3, -0.25) is 5.43 Å². The number of nitrogens with zero attached hydrogens (tertiary/aromatic N) is 2. The summed E-state index contributed by atoms with van der Waals surface area (Å²) in [4.78, 5) is 8.14.